The van der Waals surface area contributed by atoms with Crippen molar-refractivity contribution in [1.29, 1.82) is 0 Å². The molecule has 13 heavy (non-hydrogen) atoms. The van der Waals surface area contributed by atoms with E-state index in [0.717, 1.165) is 32.8 Å². The highest BCUT2D eigenvalue weighted by Crippen LogP contribution is 2.17. The lowest BCUT2D eigenvalue weighted by Crippen LogP contribution is -2.49. The van der Waals surface area contributed by atoms with E-state index in [0.29, 0.717) is 0 Å². The third-order valence-corrected chi connectivity index (χ3v) is 2.51. The topological polar surface area (TPSA) is 30.5 Å². The lowest BCUT2D eigenvalue weighted by Gasteiger charge is -2.34. The molecule has 1 rings (SSSR count). The number of rotatable bonds is 5. The quantitative estimate of drug-likeness (QED) is 0.656. The fraction of sp³-hybridized carbons (Fsp3) is 1.00. The van der Waals surface area contributed by atoms with Crippen molar-refractivity contribution in [3.05, 3.63) is 0 Å². The van der Waals surface area contributed by atoms with Gasteiger partial charge in [0.1, 0.15) is 0 Å². The van der Waals surface area contributed by atoms with Crippen molar-refractivity contribution in [2.75, 3.05) is 33.5 Å². The van der Waals surface area contributed by atoms with Crippen molar-refractivity contribution in [3.8, 4) is 0 Å². The van der Waals surface area contributed by atoms with Gasteiger partial charge < -0.3 is 14.8 Å². The van der Waals surface area contributed by atoms with Gasteiger partial charge in [0.15, 0.2) is 0 Å². The minimum atomic E-state index is 0.200. The molecule has 0 saturated carbocycles. The van der Waals surface area contributed by atoms with Gasteiger partial charge in [-0.1, -0.05) is 0 Å². The van der Waals surface area contributed by atoms with Crippen LogP contribution in [0.15, 0.2) is 0 Å². The Labute approximate surface area is 80.8 Å². The van der Waals surface area contributed by atoms with Crippen LogP contribution in [0.5, 0.6) is 0 Å². The van der Waals surface area contributed by atoms with E-state index in [1.807, 2.05) is 0 Å². The standard InChI is InChI=1S/C10H21NO2/c1-10(5-3-8-13-9-10)11-6-4-7-12-2/h11H,3-9H2,1-2H3. The number of hydrogen-bond acceptors (Lipinski definition) is 3. The predicted molar refractivity (Wildman–Crippen MR) is 53.0 cm³/mol. The average molecular weight is 187 g/mol. The molecule has 1 heterocycles. The molecule has 0 amide bonds. The van der Waals surface area contributed by atoms with Crippen molar-refractivity contribution in [3.63, 3.8) is 0 Å². The molecule has 1 saturated heterocycles. The maximum Gasteiger partial charge on any atom is 0.0645 e. The fourth-order valence-electron chi connectivity index (χ4n) is 1.68. The van der Waals surface area contributed by atoms with Crippen LogP contribution in [0.4, 0.5) is 0 Å². The van der Waals surface area contributed by atoms with Crippen molar-refractivity contribution in [2.45, 2.75) is 31.7 Å². The summed E-state index contributed by atoms with van der Waals surface area (Å²) < 4.78 is 10.4. The highest BCUT2D eigenvalue weighted by molar-refractivity contribution is 4.84. The van der Waals surface area contributed by atoms with Crippen LogP contribution < -0.4 is 5.32 Å². The molecule has 0 aromatic rings. The number of hydrogen-bond donors (Lipinski definition) is 1. The summed E-state index contributed by atoms with van der Waals surface area (Å²) in [6.45, 7) is 5.87. The molecule has 1 fully saturated rings. The van der Waals surface area contributed by atoms with E-state index in [-0.39, 0.29) is 5.54 Å². The molecule has 1 aliphatic rings. The Hall–Kier alpha value is -0.120. The highest BCUT2D eigenvalue weighted by atomic mass is 16.5. The number of methoxy groups -OCH3 is 1. The molecular weight excluding hydrogens is 166 g/mol. The van der Waals surface area contributed by atoms with E-state index in [1.165, 1.54) is 12.8 Å². The molecule has 0 aromatic carbocycles. The Bertz CT molecular complexity index is 133. The molecule has 1 N–H and O–H groups in total. The third-order valence-electron chi connectivity index (χ3n) is 2.51. The van der Waals surface area contributed by atoms with Crippen LogP contribution in [0.2, 0.25) is 0 Å². The Balaban J connectivity index is 2.10. The van der Waals surface area contributed by atoms with Gasteiger partial charge in [0.05, 0.1) is 6.61 Å². The van der Waals surface area contributed by atoms with Gasteiger partial charge in [-0.3, -0.25) is 0 Å². The SMILES string of the molecule is COCCCNC1(C)CCCOC1. The van der Waals surface area contributed by atoms with Crippen LogP contribution in [0, 0.1) is 0 Å². The van der Waals surface area contributed by atoms with E-state index in [2.05, 4.69) is 12.2 Å². The second-order valence-corrected chi connectivity index (χ2v) is 3.99. The van der Waals surface area contributed by atoms with Crippen molar-refractivity contribution >= 4 is 0 Å². The minimum absolute atomic E-state index is 0.200. The molecular formula is C10H21NO2. The monoisotopic (exact) mass is 187 g/mol. The number of nitrogens with one attached hydrogen (secondary N) is 1. The van der Waals surface area contributed by atoms with Gasteiger partial charge in [0.2, 0.25) is 0 Å². The molecule has 0 spiro atoms. The second-order valence-electron chi connectivity index (χ2n) is 3.99. The molecule has 0 aromatic heterocycles. The first-order valence-corrected chi connectivity index (χ1v) is 5.08. The first-order valence-electron chi connectivity index (χ1n) is 5.08. The molecule has 3 heteroatoms. The summed E-state index contributed by atoms with van der Waals surface area (Å²) in [5, 5.41) is 3.53. The largest absolute Gasteiger partial charge is 0.385 e. The van der Waals surface area contributed by atoms with Crippen LogP contribution >= 0.6 is 0 Å². The van der Waals surface area contributed by atoms with Gasteiger partial charge in [-0.15, -0.1) is 0 Å². The van der Waals surface area contributed by atoms with Crippen LogP contribution in [-0.2, 0) is 9.47 Å². The summed E-state index contributed by atoms with van der Waals surface area (Å²) in [5.74, 6) is 0. The normalized spacial score (nSPS) is 29.1. The molecule has 1 aliphatic heterocycles. The molecule has 0 aliphatic carbocycles. The summed E-state index contributed by atoms with van der Waals surface area (Å²) in [4.78, 5) is 0. The van der Waals surface area contributed by atoms with Gasteiger partial charge in [0, 0.05) is 25.9 Å². The molecule has 0 bridgehead atoms. The van der Waals surface area contributed by atoms with Gasteiger partial charge >= 0.3 is 0 Å². The van der Waals surface area contributed by atoms with E-state index >= 15 is 0 Å². The van der Waals surface area contributed by atoms with Crippen LogP contribution in [0.3, 0.4) is 0 Å². The fourth-order valence-corrected chi connectivity index (χ4v) is 1.68. The van der Waals surface area contributed by atoms with Gasteiger partial charge in [0.25, 0.3) is 0 Å². The Morgan fingerprint density at radius 2 is 2.38 bits per heavy atom. The van der Waals surface area contributed by atoms with Gasteiger partial charge in [-0.2, -0.15) is 0 Å². The third kappa shape index (κ3) is 4.07. The van der Waals surface area contributed by atoms with Crippen molar-refractivity contribution in [1.82, 2.24) is 5.32 Å². The van der Waals surface area contributed by atoms with E-state index < -0.39 is 0 Å². The summed E-state index contributed by atoms with van der Waals surface area (Å²) in [6, 6.07) is 0. The minimum Gasteiger partial charge on any atom is -0.385 e. The van der Waals surface area contributed by atoms with Crippen molar-refractivity contribution < 1.29 is 9.47 Å². The summed E-state index contributed by atoms with van der Waals surface area (Å²) in [6.07, 6.45) is 3.47. The lowest BCUT2D eigenvalue weighted by atomic mass is 9.95. The Kier molecular flexibility index (Phi) is 4.70. The van der Waals surface area contributed by atoms with E-state index in [9.17, 15) is 0 Å². The predicted octanol–water partition coefficient (Wildman–Crippen LogP) is 1.18. The maximum atomic E-state index is 5.45. The molecule has 0 radical (unpaired) electrons. The van der Waals surface area contributed by atoms with E-state index in [4.69, 9.17) is 9.47 Å². The zero-order chi connectivity index (χ0) is 9.57. The summed E-state index contributed by atoms with van der Waals surface area (Å²) >= 11 is 0. The first kappa shape index (κ1) is 11.0. The Morgan fingerprint density at radius 3 is 3.00 bits per heavy atom. The molecule has 78 valence electrons. The Morgan fingerprint density at radius 1 is 1.54 bits per heavy atom. The van der Waals surface area contributed by atoms with Crippen LogP contribution in [0.25, 0.3) is 0 Å². The first-order chi connectivity index (χ1) is 6.27. The average Bonchev–Trinajstić information content (AvgIpc) is 2.14. The molecule has 3 nitrogen and oxygen atoms in total. The molecule has 1 atom stereocenters. The van der Waals surface area contributed by atoms with Crippen LogP contribution in [-0.4, -0.2) is 39.0 Å². The highest BCUT2D eigenvalue weighted by Gasteiger charge is 2.26. The zero-order valence-electron chi connectivity index (χ0n) is 8.77. The smallest absolute Gasteiger partial charge is 0.0645 e. The van der Waals surface area contributed by atoms with Gasteiger partial charge in [-0.05, 0) is 32.7 Å². The van der Waals surface area contributed by atoms with E-state index in [1.54, 1.807) is 7.11 Å². The number of ether oxygens (including phenoxy) is 2. The summed E-state index contributed by atoms with van der Waals surface area (Å²) in [7, 11) is 1.74. The zero-order valence-corrected chi connectivity index (χ0v) is 8.77. The maximum absolute atomic E-state index is 5.45. The van der Waals surface area contributed by atoms with Crippen molar-refractivity contribution in [2.24, 2.45) is 0 Å². The van der Waals surface area contributed by atoms with Crippen LogP contribution in [0.1, 0.15) is 26.2 Å². The second kappa shape index (κ2) is 5.58. The molecule has 1 unspecified atom stereocenters. The lowest BCUT2D eigenvalue weighted by molar-refractivity contribution is 0.0278. The van der Waals surface area contributed by atoms with Gasteiger partial charge in [-0.25, -0.2) is 0 Å². The summed E-state index contributed by atoms with van der Waals surface area (Å²) in [5.41, 5.74) is 0.200.